The molecule has 0 aliphatic carbocycles. The third kappa shape index (κ3) is 3.33. The molecule has 2 saturated heterocycles. The maximum atomic E-state index is 12.4. The molecule has 2 rings (SSSR count). The molecule has 1 unspecified atom stereocenters. The number of likely N-dealkylation sites (tertiary alicyclic amines) is 1. The fourth-order valence-corrected chi connectivity index (χ4v) is 3.44. The summed E-state index contributed by atoms with van der Waals surface area (Å²) in [5, 5.41) is 19.0. The summed E-state index contributed by atoms with van der Waals surface area (Å²) < 4.78 is 0. The minimum atomic E-state index is -0.940. The number of carbonyl (C=O) groups excluding carboxylic acids is 1. The predicted octanol–water partition coefficient (Wildman–Crippen LogP) is 0.455. The highest BCUT2D eigenvalue weighted by molar-refractivity contribution is 7.99. The molecule has 2 aliphatic heterocycles. The molecule has 2 N–H and O–H groups in total. The van der Waals surface area contributed by atoms with E-state index in [1.807, 2.05) is 0 Å². The molecule has 0 saturated carbocycles. The van der Waals surface area contributed by atoms with Crippen molar-refractivity contribution in [2.75, 3.05) is 31.1 Å². The molecule has 2 amide bonds. The lowest BCUT2D eigenvalue weighted by atomic mass is 9.94. The van der Waals surface area contributed by atoms with Crippen molar-refractivity contribution >= 4 is 23.8 Å². The number of aliphatic hydroxyl groups is 1. The topological polar surface area (TPSA) is 81.1 Å². The molecular weight excluding hydrogens is 268 g/mol. The molecule has 0 aromatic heterocycles. The molecule has 19 heavy (non-hydrogen) atoms. The van der Waals surface area contributed by atoms with Crippen LogP contribution in [-0.2, 0) is 4.79 Å². The highest BCUT2D eigenvalue weighted by Crippen LogP contribution is 2.24. The van der Waals surface area contributed by atoms with Gasteiger partial charge in [0, 0.05) is 31.1 Å². The molecule has 7 heteroatoms. The number of carboxylic acids is 1. The lowest BCUT2D eigenvalue weighted by molar-refractivity contribution is -0.141. The maximum absolute atomic E-state index is 12.4. The van der Waals surface area contributed by atoms with Gasteiger partial charge in [0.15, 0.2) is 0 Å². The van der Waals surface area contributed by atoms with E-state index >= 15 is 0 Å². The van der Waals surface area contributed by atoms with E-state index in [0.29, 0.717) is 38.2 Å². The first-order valence-electron chi connectivity index (χ1n) is 6.49. The summed E-state index contributed by atoms with van der Waals surface area (Å²) in [5.41, 5.74) is -0.708. The van der Waals surface area contributed by atoms with E-state index in [0.717, 1.165) is 5.75 Å². The van der Waals surface area contributed by atoms with Gasteiger partial charge in [0.1, 0.15) is 6.04 Å². The van der Waals surface area contributed by atoms with E-state index in [1.165, 1.54) is 4.90 Å². The Balaban J connectivity index is 2.00. The van der Waals surface area contributed by atoms with E-state index in [-0.39, 0.29) is 6.03 Å². The monoisotopic (exact) mass is 288 g/mol. The van der Waals surface area contributed by atoms with Gasteiger partial charge in [0.05, 0.1) is 5.60 Å². The number of piperidine rings is 1. The van der Waals surface area contributed by atoms with Crippen LogP contribution in [-0.4, -0.2) is 74.8 Å². The van der Waals surface area contributed by atoms with Crippen molar-refractivity contribution in [3.63, 3.8) is 0 Å². The van der Waals surface area contributed by atoms with Crippen LogP contribution in [0, 0.1) is 0 Å². The van der Waals surface area contributed by atoms with Crippen LogP contribution in [0.1, 0.15) is 19.8 Å². The molecule has 2 aliphatic rings. The van der Waals surface area contributed by atoms with Crippen LogP contribution in [0.3, 0.4) is 0 Å². The molecule has 0 spiro atoms. The zero-order chi connectivity index (χ0) is 14.0. The van der Waals surface area contributed by atoms with Gasteiger partial charge in [-0.05, 0) is 19.8 Å². The molecule has 1 atom stereocenters. The molecule has 2 heterocycles. The van der Waals surface area contributed by atoms with Crippen molar-refractivity contribution in [2.24, 2.45) is 0 Å². The maximum Gasteiger partial charge on any atom is 0.327 e. The first-order chi connectivity index (χ1) is 8.91. The molecular formula is C12H20N2O4S. The number of amides is 2. The number of carbonyl (C=O) groups is 2. The summed E-state index contributed by atoms with van der Waals surface area (Å²) in [6, 6.07) is -0.933. The van der Waals surface area contributed by atoms with Gasteiger partial charge in [0.25, 0.3) is 0 Å². The number of hydrogen-bond acceptors (Lipinski definition) is 4. The average molecular weight is 288 g/mol. The first-order valence-corrected chi connectivity index (χ1v) is 7.65. The van der Waals surface area contributed by atoms with E-state index in [1.54, 1.807) is 23.6 Å². The minimum Gasteiger partial charge on any atom is -0.480 e. The average Bonchev–Trinajstić information content (AvgIpc) is 2.38. The van der Waals surface area contributed by atoms with E-state index in [2.05, 4.69) is 0 Å². The standard InChI is InChI=1S/C12H20N2O4S/c1-12(18)2-4-13(5-3-12)11(17)14-6-7-19-8-9(14)10(15)16/h9,18H,2-8H2,1H3,(H,15,16). The Morgan fingerprint density at radius 3 is 2.47 bits per heavy atom. The van der Waals surface area contributed by atoms with Crippen LogP contribution in [0.5, 0.6) is 0 Å². The fourth-order valence-electron chi connectivity index (χ4n) is 2.40. The van der Waals surface area contributed by atoms with Crippen LogP contribution in [0.4, 0.5) is 4.79 Å². The summed E-state index contributed by atoms with van der Waals surface area (Å²) in [6.07, 6.45) is 1.08. The van der Waals surface area contributed by atoms with Gasteiger partial charge >= 0.3 is 12.0 Å². The number of urea groups is 1. The highest BCUT2D eigenvalue weighted by atomic mass is 32.2. The van der Waals surface area contributed by atoms with Gasteiger partial charge in [-0.15, -0.1) is 0 Å². The Morgan fingerprint density at radius 2 is 1.89 bits per heavy atom. The van der Waals surface area contributed by atoms with Crippen LogP contribution < -0.4 is 0 Å². The largest absolute Gasteiger partial charge is 0.480 e. The smallest absolute Gasteiger partial charge is 0.327 e. The Bertz CT molecular complexity index is 365. The Morgan fingerprint density at radius 1 is 1.26 bits per heavy atom. The van der Waals surface area contributed by atoms with E-state index in [9.17, 15) is 19.8 Å². The number of aliphatic carboxylic acids is 1. The van der Waals surface area contributed by atoms with Gasteiger partial charge in [0.2, 0.25) is 0 Å². The molecule has 108 valence electrons. The van der Waals surface area contributed by atoms with Gasteiger partial charge in [-0.2, -0.15) is 11.8 Å². The molecule has 0 aromatic carbocycles. The molecule has 0 bridgehead atoms. The summed E-state index contributed by atoms with van der Waals surface area (Å²) in [4.78, 5) is 26.7. The van der Waals surface area contributed by atoms with Crippen LogP contribution >= 0.6 is 11.8 Å². The van der Waals surface area contributed by atoms with Crippen LogP contribution in [0.25, 0.3) is 0 Å². The summed E-state index contributed by atoms with van der Waals surface area (Å²) in [7, 11) is 0. The van der Waals surface area contributed by atoms with E-state index in [4.69, 9.17) is 0 Å². The SMILES string of the molecule is CC1(O)CCN(C(=O)N2CCSCC2C(=O)O)CC1. The second kappa shape index (κ2) is 5.58. The highest BCUT2D eigenvalue weighted by Gasteiger charge is 2.37. The number of nitrogens with zero attached hydrogens (tertiary/aromatic N) is 2. The van der Waals surface area contributed by atoms with Crippen LogP contribution in [0.2, 0.25) is 0 Å². The second-order valence-electron chi connectivity index (χ2n) is 5.39. The predicted molar refractivity (Wildman–Crippen MR) is 72.3 cm³/mol. The minimum absolute atomic E-state index is 0.205. The molecule has 0 radical (unpaired) electrons. The Labute approximate surface area is 116 Å². The van der Waals surface area contributed by atoms with Crippen molar-refractivity contribution in [3.8, 4) is 0 Å². The van der Waals surface area contributed by atoms with Crippen molar-refractivity contribution < 1.29 is 19.8 Å². The third-order valence-electron chi connectivity index (χ3n) is 3.77. The van der Waals surface area contributed by atoms with Crippen LogP contribution in [0.15, 0.2) is 0 Å². The quantitative estimate of drug-likeness (QED) is 0.732. The zero-order valence-electron chi connectivity index (χ0n) is 11.0. The number of carboxylic acid groups (broad SMARTS) is 1. The van der Waals surface area contributed by atoms with Gasteiger partial charge in [-0.3, -0.25) is 0 Å². The number of hydrogen-bond donors (Lipinski definition) is 2. The van der Waals surface area contributed by atoms with Crippen molar-refractivity contribution in [3.05, 3.63) is 0 Å². The van der Waals surface area contributed by atoms with Gasteiger partial charge < -0.3 is 20.0 Å². The lowest BCUT2D eigenvalue weighted by Gasteiger charge is -2.41. The fraction of sp³-hybridized carbons (Fsp3) is 0.833. The molecule has 6 nitrogen and oxygen atoms in total. The summed E-state index contributed by atoms with van der Waals surface area (Å²) in [6.45, 7) is 3.23. The van der Waals surface area contributed by atoms with Gasteiger partial charge in [-0.1, -0.05) is 0 Å². The second-order valence-corrected chi connectivity index (χ2v) is 6.54. The van der Waals surface area contributed by atoms with E-state index < -0.39 is 17.6 Å². The number of thioether (sulfide) groups is 1. The summed E-state index contributed by atoms with van der Waals surface area (Å²) >= 11 is 1.57. The first kappa shape index (κ1) is 14.5. The molecule has 2 fully saturated rings. The summed E-state index contributed by atoms with van der Waals surface area (Å²) in [5.74, 6) is 0.290. The van der Waals surface area contributed by atoms with Crippen molar-refractivity contribution in [1.82, 2.24) is 9.80 Å². The van der Waals surface area contributed by atoms with Crippen molar-refractivity contribution in [2.45, 2.75) is 31.4 Å². The Kier molecular flexibility index (Phi) is 4.25. The van der Waals surface area contributed by atoms with Crippen molar-refractivity contribution in [1.29, 1.82) is 0 Å². The number of rotatable bonds is 1. The Hall–Kier alpha value is -0.950. The normalized spacial score (nSPS) is 27.2. The third-order valence-corrected chi connectivity index (χ3v) is 4.79. The lowest BCUT2D eigenvalue weighted by Crippen LogP contribution is -2.57. The van der Waals surface area contributed by atoms with Gasteiger partial charge in [-0.25, -0.2) is 9.59 Å². The zero-order valence-corrected chi connectivity index (χ0v) is 11.9. The molecule has 0 aromatic rings.